The van der Waals surface area contributed by atoms with E-state index in [9.17, 15) is 9.90 Å². The van der Waals surface area contributed by atoms with E-state index in [1.165, 1.54) is 0 Å². The van der Waals surface area contributed by atoms with Crippen LogP contribution in [0.4, 0.5) is 0 Å². The SMILES string of the molecule is CCC[C@@](N)(OCO)C1CC(CC)C(C)CC(C)CC(C)[C@H](C)[C@@H](C)C(=O)O1. The van der Waals surface area contributed by atoms with Gasteiger partial charge in [0.2, 0.25) is 0 Å². The fourth-order valence-electron chi connectivity index (χ4n) is 4.99. The summed E-state index contributed by atoms with van der Waals surface area (Å²) in [6, 6.07) is 0. The molecule has 0 bridgehead atoms. The highest BCUT2D eigenvalue weighted by molar-refractivity contribution is 5.72. The average Bonchev–Trinajstić information content (AvgIpc) is 2.62. The van der Waals surface area contributed by atoms with Crippen LogP contribution in [-0.2, 0) is 14.3 Å². The van der Waals surface area contributed by atoms with Crippen LogP contribution < -0.4 is 5.73 Å². The van der Waals surface area contributed by atoms with Crippen LogP contribution in [0.2, 0.25) is 0 Å². The fourth-order valence-corrected chi connectivity index (χ4v) is 4.99. The summed E-state index contributed by atoms with van der Waals surface area (Å²) >= 11 is 0. The molecule has 8 atom stereocenters. The Kier molecular flexibility index (Phi) is 10.4. The molecule has 1 aliphatic rings. The first-order chi connectivity index (χ1) is 13.1. The summed E-state index contributed by atoms with van der Waals surface area (Å²) in [6.45, 7) is 14.7. The lowest BCUT2D eigenvalue weighted by Crippen LogP contribution is -2.56. The number of ether oxygens (including phenoxy) is 2. The first-order valence-corrected chi connectivity index (χ1v) is 11.3. The van der Waals surface area contributed by atoms with Gasteiger partial charge in [-0.1, -0.05) is 61.3 Å². The van der Waals surface area contributed by atoms with Crippen molar-refractivity contribution in [2.75, 3.05) is 6.79 Å². The molecule has 1 aliphatic heterocycles. The molecule has 0 radical (unpaired) electrons. The third-order valence-corrected chi connectivity index (χ3v) is 7.23. The summed E-state index contributed by atoms with van der Waals surface area (Å²) < 4.78 is 11.6. The van der Waals surface area contributed by atoms with Crippen molar-refractivity contribution in [1.82, 2.24) is 0 Å². The van der Waals surface area contributed by atoms with Crippen LogP contribution in [0.3, 0.4) is 0 Å². The van der Waals surface area contributed by atoms with Crippen LogP contribution in [0.1, 0.15) is 87.0 Å². The zero-order chi connectivity index (χ0) is 21.5. The van der Waals surface area contributed by atoms with Crippen molar-refractivity contribution in [3.8, 4) is 0 Å². The number of esters is 1. The Morgan fingerprint density at radius 3 is 2.25 bits per heavy atom. The van der Waals surface area contributed by atoms with Gasteiger partial charge in [-0.15, -0.1) is 0 Å². The van der Waals surface area contributed by atoms with Gasteiger partial charge in [0, 0.05) is 0 Å². The van der Waals surface area contributed by atoms with Crippen LogP contribution in [0.5, 0.6) is 0 Å². The van der Waals surface area contributed by atoms with E-state index < -0.39 is 18.6 Å². The highest BCUT2D eigenvalue weighted by Gasteiger charge is 2.42. The third-order valence-electron chi connectivity index (χ3n) is 7.23. The summed E-state index contributed by atoms with van der Waals surface area (Å²) in [7, 11) is 0. The van der Waals surface area contributed by atoms with Gasteiger partial charge in [-0.3, -0.25) is 4.79 Å². The van der Waals surface area contributed by atoms with Gasteiger partial charge >= 0.3 is 5.97 Å². The van der Waals surface area contributed by atoms with E-state index in [2.05, 4.69) is 34.6 Å². The molecular formula is C23H45NO4. The van der Waals surface area contributed by atoms with Crippen molar-refractivity contribution in [2.45, 2.75) is 98.8 Å². The number of rotatable bonds is 6. The van der Waals surface area contributed by atoms with E-state index >= 15 is 0 Å². The number of hydrogen-bond donors (Lipinski definition) is 2. The third kappa shape index (κ3) is 6.70. The Hall–Kier alpha value is -0.650. The standard InChI is InChI=1S/C23H45NO4/c1-8-10-23(24,27-14-25)21-13-20(9-2)17(5)12-15(3)11-16(4)18(6)19(7)22(26)28-21/h15-21,25H,8-14,24H2,1-7H3/t15?,16?,17?,18-,19+,20?,21?,23+/m0/s1. The maximum atomic E-state index is 13.0. The average molecular weight is 400 g/mol. The molecule has 1 rings (SSSR count). The summed E-state index contributed by atoms with van der Waals surface area (Å²) in [5.74, 6) is 1.83. The van der Waals surface area contributed by atoms with E-state index in [4.69, 9.17) is 15.2 Å². The van der Waals surface area contributed by atoms with Gasteiger partial charge < -0.3 is 20.3 Å². The number of aliphatic hydroxyl groups excluding tert-OH is 1. The van der Waals surface area contributed by atoms with E-state index in [0.29, 0.717) is 36.5 Å². The Morgan fingerprint density at radius 2 is 1.71 bits per heavy atom. The van der Waals surface area contributed by atoms with Gasteiger partial charge in [0.05, 0.1) is 5.92 Å². The minimum Gasteiger partial charge on any atom is -0.458 e. The molecule has 1 fully saturated rings. The molecule has 0 aromatic carbocycles. The van der Waals surface area contributed by atoms with Crippen molar-refractivity contribution >= 4 is 5.97 Å². The van der Waals surface area contributed by atoms with E-state index in [1.54, 1.807) is 0 Å². The van der Waals surface area contributed by atoms with E-state index in [-0.39, 0.29) is 17.8 Å². The maximum absolute atomic E-state index is 13.0. The molecule has 0 saturated carbocycles. The summed E-state index contributed by atoms with van der Waals surface area (Å²) in [5, 5.41) is 9.43. The zero-order valence-electron chi connectivity index (χ0n) is 19.2. The predicted octanol–water partition coefficient (Wildman–Crippen LogP) is 4.71. The highest BCUT2D eigenvalue weighted by atomic mass is 16.6. The van der Waals surface area contributed by atoms with E-state index in [0.717, 1.165) is 25.7 Å². The first-order valence-electron chi connectivity index (χ1n) is 11.3. The molecule has 1 saturated heterocycles. The smallest absolute Gasteiger partial charge is 0.309 e. The molecule has 1 heterocycles. The van der Waals surface area contributed by atoms with Crippen LogP contribution in [-0.4, -0.2) is 29.7 Å². The predicted molar refractivity (Wildman–Crippen MR) is 113 cm³/mol. The Balaban J connectivity index is 3.26. The molecule has 0 aliphatic carbocycles. The molecule has 5 heteroatoms. The molecule has 0 aromatic rings. The minimum atomic E-state index is -1.16. The summed E-state index contributed by atoms with van der Waals surface area (Å²) in [4.78, 5) is 13.0. The van der Waals surface area contributed by atoms with Crippen LogP contribution >= 0.6 is 0 Å². The molecule has 0 amide bonds. The van der Waals surface area contributed by atoms with Gasteiger partial charge in [0.25, 0.3) is 0 Å². The maximum Gasteiger partial charge on any atom is 0.309 e. The fraction of sp³-hybridized carbons (Fsp3) is 0.957. The molecule has 0 aromatic heterocycles. The molecule has 0 spiro atoms. The van der Waals surface area contributed by atoms with Crippen molar-refractivity contribution in [3.63, 3.8) is 0 Å². The van der Waals surface area contributed by atoms with Gasteiger partial charge in [-0.25, -0.2) is 0 Å². The Labute approximate surface area is 172 Å². The van der Waals surface area contributed by atoms with Crippen molar-refractivity contribution in [2.24, 2.45) is 41.2 Å². The number of carbonyl (C=O) groups excluding carboxylic acids is 1. The lowest BCUT2D eigenvalue weighted by molar-refractivity contribution is -0.202. The zero-order valence-corrected chi connectivity index (χ0v) is 19.2. The highest BCUT2D eigenvalue weighted by Crippen LogP contribution is 2.37. The summed E-state index contributed by atoms with van der Waals surface area (Å²) in [6.07, 6.45) is 4.74. The number of nitrogens with two attached hydrogens (primary N) is 1. The second-order valence-electron chi connectivity index (χ2n) is 9.49. The van der Waals surface area contributed by atoms with Crippen molar-refractivity contribution in [3.05, 3.63) is 0 Å². The Morgan fingerprint density at radius 1 is 1.11 bits per heavy atom. The van der Waals surface area contributed by atoms with Gasteiger partial charge in [-0.2, -0.15) is 0 Å². The van der Waals surface area contributed by atoms with Crippen molar-refractivity contribution in [1.29, 1.82) is 0 Å². The van der Waals surface area contributed by atoms with Gasteiger partial charge in [-0.05, 0) is 55.3 Å². The van der Waals surface area contributed by atoms with E-state index in [1.807, 2.05) is 13.8 Å². The monoisotopic (exact) mass is 399 g/mol. The van der Waals surface area contributed by atoms with Gasteiger partial charge in [0.15, 0.2) is 5.72 Å². The molecule has 5 nitrogen and oxygen atoms in total. The largest absolute Gasteiger partial charge is 0.458 e. The number of cyclic esters (lactones) is 1. The quantitative estimate of drug-likeness (QED) is 0.499. The number of carbonyl (C=O) groups is 1. The lowest BCUT2D eigenvalue weighted by atomic mass is 9.75. The second kappa shape index (κ2) is 11.5. The molecular weight excluding hydrogens is 354 g/mol. The Bertz CT molecular complexity index is 464. The first kappa shape index (κ1) is 25.4. The second-order valence-corrected chi connectivity index (χ2v) is 9.49. The summed E-state index contributed by atoms with van der Waals surface area (Å²) in [5.41, 5.74) is 5.42. The topological polar surface area (TPSA) is 81.8 Å². The van der Waals surface area contributed by atoms with Crippen LogP contribution in [0, 0.1) is 35.5 Å². The molecule has 166 valence electrons. The number of hydrogen-bond acceptors (Lipinski definition) is 5. The van der Waals surface area contributed by atoms with Crippen molar-refractivity contribution < 1.29 is 19.4 Å². The van der Waals surface area contributed by atoms with Gasteiger partial charge in [0.1, 0.15) is 12.9 Å². The normalized spacial score (nSPS) is 38.0. The molecule has 28 heavy (non-hydrogen) atoms. The molecule has 5 unspecified atom stereocenters. The van der Waals surface area contributed by atoms with Crippen LogP contribution in [0.15, 0.2) is 0 Å². The van der Waals surface area contributed by atoms with Crippen LogP contribution in [0.25, 0.3) is 0 Å². The molecule has 3 N–H and O–H groups in total. The lowest BCUT2D eigenvalue weighted by Gasteiger charge is -2.40. The number of aliphatic hydroxyl groups is 1. The minimum absolute atomic E-state index is 0.193.